The van der Waals surface area contributed by atoms with Crippen LogP contribution >= 0.6 is 0 Å². The topological polar surface area (TPSA) is 50.2 Å². The van der Waals surface area contributed by atoms with Gasteiger partial charge in [-0.15, -0.1) is 0 Å². The van der Waals surface area contributed by atoms with E-state index in [1.54, 1.807) is 12.1 Å². The van der Waals surface area contributed by atoms with Crippen LogP contribution in [0.25, 0.3) is 0 Å². The Morgan fingerprint density at radius 3 is 2.44 bits per heavy atom. The number of carbonyl (C=O) groups is 1. The minimum Gasteiger partial charge on any atom is -0.481 e. The van der Waals surface area contributed by atoms with Crippen molar-refractivity contribution in [2.45, 2.75) is 43.9 Å². The number of pyridine rings is 1. The Bertz CT molecular complexity index is 464. The van der Waals surface area contributed by atoms with Crippen LogP contribution in [0.4, 0.5) is 8.78 Å². The molecule has 0 bridgehead atoms. The number of halogens is 2. The lowest BCUT2D eigenvalue weighted by Crippen LogP contribution is -2.43. The molecule has 1 N–H and O–H groups in total. The second kappa shape index (κ2) is 4.30. The Morgan fingerprint density at radius 1 is 1.33 bits per heavy atom. The number of hydrogen-bond acceptors (Lipinski definition) is 2. The largest absolute Gasteiger partial charge is 0.481 e. The number of aliphatic carboxylic acids is 1. The third kappa shape index (κ3) is 2.21. The van der Waals surface area contributed by atoms with E-state index >= 15 is 0 Å². The number of nitrogens with zero attached hydrogens (tertiary/aromatic N) is 1. The van der Waals surface area contributed by atoms with E-state index in [0.29, 0.717) is 5.69 Å². The first kappa shape index (κ1) is 12.9. The summed E-state index contributed by atoms with van der Waals surface area (Å²) in [6.45, 7) is 1.83. The molecule has 0 amide bonds. The quantitative estimate of drug-likeness (QED) is 0.884. The number of rotatable bonds is 2. The average Bonchev–Trinajstić information content (AvgIpc) is 2.29. The molecule has 0 unspecified atom stereocenters. The van der Waals surface area contributed by atoms with E-state index in [-0.39, 0.29) is 12.8 Å². The van der Waals surface area contributed by atoms with Crippen LogP contribution in [0.3, 0.4) is 0 Å². The zero-order valence-corrected chi connectivity index (χ0v) is 10.1. The fourth-order valence-electron chi connectivity index (χ4n) is 2.42. The van der Waals surface area contributed by atoms with Crippen molar-refractivity contribution in [1.82, 2.24) is 4.98 Å². The molecule has 0 atom stereocenters. The Balaban J connectivity index is 2.38. The van der Waals surface area contributed by atoms with E-state index in [2.05, 4.69) is 4.98 Å². The molecule has 0 saturated heterocycles. The first-order valence-corrected chi connectivity index (χ1v) is 5.90. The normalized spacial score (nSPS) is 21.5. The van der Waals surface area contributed by atoms with Crippen LogP contribution in [0.5, 0.6) is 0 Å². The molecule has 1 aliphatic carbocycles. The van der Waals surface area contributed by atoms with Gasteiger partial charge in [-0.1, -0.05) is 0 Å². The fraction of sp³-hybridized carbons (Fsp3) is 0.538. The molecular formula is C13H15F2NO2. The smallest absolute Gasteiger partial charge is 0.315 e. The lowest BCUT2D eigenvalue weighted by molar-refractivity contribution is -0.149. The zero-order valence-electron chi connectivity index (χ0n) is 10.1. The fourth-order valence-corrected chi connectivity index (χ4v) is 2.42. The van der Waals surface area contributed by atoms with Crippen molar-refractivity contribution in [2.75, 3.05) is 0 Å². The molecule has 1 heterocycles. The predicted molar refractivity (Wildman–Crippen MR) is 61.7 cm³/mol. The molecule has 0 radical (unpaired) electrons. The molecule has 1 aromatic rings. The number of hydrogen-bond donors (Lipinski definition) is 1. The molecule has 98 valence electrons. The summed E-state index contributed by atoms with van der Waals surface area (Å²) in [6.07, 6.45) is 0.615. The Labute approximate surface area is 104 Å². The second-order valence-corrected chi connectivity index (χ2v) is 4.96. The van der Waals surface area contributed by atoms with Crippen molar-refractivity contribution in [3.8, 4) is 0 Å². The van der Waals surface area contributed by atoms with Gasteiger partial charge in [0.1, 0.15) is 5.41 Å². The van der Waals surface area contributed by atoms with Crippen LogP contribution in [-0.4, -0.2) is 22.0 Å². The third-order valence-corrected chi connectivity index (χ3v) is 3.65. The molecule has 0 spiro atoms. The summed E-state index contributed by atoms with van der Waals surface area (Å²) in [5.74, 6) is -3.81. The Hall–Kier alpha value is -1.52. The summed E-state index contributed by atoms with van der Waals surface area (Å²) in [5.41, 5.74) is 0.0247. The molecule has 1 aliphatic rings. The molecule has 2 rings (SSSR count). The summed E-state index contributed by atoms with van der Waals surface area (Å²) in [6, 6.07) is 3.44. The summed E-state index contributed by atoms with van der Waals surface area (Å²) in [5, 5.41) is 9.42. The van der Waals surface area contributed by atoms with E-state index in [1.165, 1.54) is 6.20 Å². The molecule has 1 aromatic heterocycles. The van der Waals surface area contributed by atoms with Crippen molar-refractivity contribution < 1.29 is 18.7 Å². The zero-order chi connectivity index (χ0) is 13.4. The molecule has 3 nitrogen and oxygen atoms in total. The lowest BCUT2D eigenvalue weighted by Gasteiger charge is -2.36. The Morgan fingerprint density at radius 2 is 1.94 bits per heavy atom. The number of aromatic nitrogens is 1. The van der Waals surface area contributed by atoms with Gasteiger partial charge in [0.25, 0.3) is 0 Å². The summed E-state index contributed by atoms with van der Waals surface area (Å²) in [7, 11) is 0. The lowest BCUT2D eigenvalue weighted by atomic mass is 9.70. The molecule has 1 saturated carbocycles. The van der Waals surface area contributed by atoms with E-state index in [9.17, 15) is 18.7 Å². The first-order chi connectivity index (χ1) is 8.36. The summed E-state index contributed by atoms with van der Waals surface area (Å²) in [4.78, 5) is 15.6. The maximum absolute atomic E-state index is 13.2. The molecule has 0 aliphatic heterocycles. The maximum atomic E-state index is 13.2. The SMILES string of the molecule is Cc1ccnc(C2(C(=O)O)CCC(F)(F)CC2)c1. The van der Waals surface area contributed by atoms with Crippen LogP contribution in [-0.2, 0) is 10.2 Å². The number of carboxylic acids is 1. The van der Waals surface area contributed by atoms with Crippen LogP contribution in [0.2, 0.25) is 0 Å². The van der Waals surface area contributed by atoms with Crippen LogP contribution in [0.1, 0.15) is 36.9 Å². The number of alkyl halides is 2. The van der Waals surface area contributed by atoms with E-state index in [0.717, 1.165) is 5.56 Å². The highest BCUT2D eigenvalue weighted by molar-refractivity contribution is 5.81. The van der Waals surface area contributed by atoms with Crippen LogP contribution < -0.4 is 0 Å². The van der Waals surface area contributed by atoms with Crippen molar-refractivity contribution >= 4 is 5.97 Å². The van der Waals surface area contributed by atoms with Crippen LogP contribution in [0, 0.1) is 6.92 Å². The van der Waals surface area contributed by atoms with E-state index < -0.39 is 30.1 Å². The van der Waals surface area contributed by atoms with Gasteiger partial charge >= 0.3 is 5.97 Å². The minimum atomic E-state index is -2.75. The van der Waals surface area contributed by atoms with Gasteiger partial charge in [-0.25, -0.2) is 8.78 Å². The second-order valence-electron chi connectivity index (χ2n) is 4.96. The molecule has 1 fully saturated rings. The standard InChI is InChI=1S/C13H15F2NO2/c1-9-2-7-16-10(8-9)12(11(17)18)3-5-13(14,15)6-4-12/h2,7-8H,3-6H2,1H3,(H,17,18). The summed E-state index contributed by atoms with van der Waals surface area (Å²) >= 11 is 0. The maximum Gasteiger partial charge on any atom is 0.315 e. The third-order valence-electron chi connectivity index (χ3n) is 3.65. The van der Waals surface area contributed by atoms with E-state index in [4.69, 9.17) is 0 Å². The van der Waals surface area contributed by atoms with Crippen molar-refractivity contribution in [2.24, 2.45) is 0 Å². The average molecular weight is 255 g/mol. The molecule has 18 heavy (non-hydrogen) atoms. The van der Waals surface area contributed by atoms with Gasteiger partial charge in [-0.3, -0.25) is 9.78 Å². The van der Waals surface area contributed by atoms with Crippen molar-refractivity contribution in [1.29, 1.82) is 0 Å². The van der Waals surface area contributed by atoms with Crippen molar-refractivity contribution in [3.05, 3.63) is 29.6 Å². The summed E-state index contributed by atoms with van der Waals surface area (Å²) < 4.78 is 26.4. The minimum absolute atomic E-state index is 0.0637. The van der Waals surface area contributed by atoms with Gasteiger partial charge in [-0.2, -0.15) is 0 Å². The Kier molecular flexibility index (Phi) is 3.09. The van der Waals surface area contributed by atoms with Gasteiger partial charge in [-0.05, 0) is 37.5 Å². The highest BCUT2D eigenvalue weighted by Gasteiger charge is 2.49. The molecule has 0 aromatic carbocycles. The van der Waals surface area contributed by atoms with Gasteiger partial charge < -0.3 is 5.11 Å². The van der Waals surface area contributed by atoms with Gasteiger partial charge in [0.05, 0.1) is 5.69 Å². The van der Waals surface area contributed by atoms with Gasteiger partial charge in [0.2, 0.25) is 5.92 Å². The highest BCUT2D eigenvalue weighted by atomic mass is 19.3. The molecular weight excluding hydrogens is 240 g/mol. The number of aryl methyl sites for hydroxylation is 1. The first-order valence-electron chi connectivity index (χ1n) is 5.90. The van der Waals surface area contributed by atoms with Crippen molar-refractivity contribution in [3.63, 3.8) is 0 Å². The van der Waals surface area contributed by atoms with Gasteiger partial charge in [0, 0.05) is 19.0 Å². The highest BCUT2D eigenvalue weighted by Crippen LogP contribution is 2.45. The monoisotopic (exact) mass is 255 g/mol. The van der Waals surface area contributed by atoms with Gasteiger partial charge in [0.15, 0.2) is 0 Å². The van der Waals surface area contributed by atoms with E-state index in [1.807, 2.05) is 6.92 Å². The molecule has 5 heteroatoms. The van der Waals surface area contributed by atoms with Crippen LogP contribution in [0.15, 0.2) is 18.3 Å². The number of carboxylic acid groups (broad SMARTS) is 1. The predicted octanol–water partition coefficient (Wildman–Crippen LogP) is 2.92.